The third-order valence-electron chi connectivity index (χ3n) is 10.8. The van der Waals surface area contributed by atoms with Gasteiger partial charge in [-0.15, -0.1) is 23.2 Å². The lowest BCUT2D eigenvalue weighted by atomic mass is 10.1. The highest BCUT2D eigenvalue weighted by Gasteiger charge is 2.37. The fourth-order valence-corrected chi connectivity index (χ4v) is 8.27. The topological polar surface area (TPSA) is 296 Å². The van der Waals surface area contributed by atoms with Gasteiger partial charge < -0.3 is 44.9 Å². The molecule has 6 N–H and O–H groups in total. The highest BCUT2D eigenvalue weighted by molar-refractivity contribution is 9.11. The van der Waals surface area contributed by atoms with Crippen LogP contribution in [0.1, 0.15) is 72.1 Å². The molecule has 0 saturated carbocycles. The molecule has 0 saturated heterocycles. The number of aromatic nitrogens is 9. The van der Waals surface area contributed by atoms with E-state index in [9.17, 15) is 14.7 Å². The van der Waals surface area contributed by atoms with Crippen molar-refractivity contribution in [2.45, 2.75) is 90.5 Å². The summed E-state index contributed by atoms with van der Waals surface area (Å²) in [4.78, 5) is 52.2. The number of nitrogens with one attached hydrogen (secondary N) is 1. The Balaban J connectivity index is 0.000000183. The van der Waals surface area contributed by atoms with Crippen LogP contribution in [-0.4, -0.2) is 86.0 Å². The zero-order valence-corrected chi connectivity index (χ0v) is 51.8. The molecule has 82 heavy (non-hydrogen) atoms. The molecule has 3 aromatic carbocycles. The second-order valence-corrected chi connectivity index (χ2v) is 23.5. The predicted molar refractivity (Wildman–Crippen MR) is 323 cm³/mol. The molecule has 21 nitrogen and oxygen atoms in total. The van der Waals surface area contributed by atoms with Crippen LogP contribution >= 0.6 is 71.0 Å². The van der Waals surface area contributed by atoms with E-state index < -0.39 is 29.0 Å². The van der Waals surface area contributed by atoms with Crippen LogP contribution in [0.5, 0.6) is 0 Å². The van der Waals surface area contributed by atoms with Crippen molar-refractivity contribution in [1.82, 2.24) is 50.7 Å². The van der Waals surface area contributed by atoms with Crippen LogP contribution in [0.3, 0.4) is 0 Å². The first-order valence-electron chi connectivity index (χ1n) is 24.8. The van der Waals surface area contributed by atoms with Crippen LogP contribution in [0.2, 0.25) is 0 Å². The number of alkyl halides is 2. The first kappa shape index (κ1) is 62.4. The summed E-state index contributed by atoms with van der Waals surface area (Å²) in [6, 6.07) is 28.4. The largest absolute Gasteiger partial charge is 0.443 e. The van der Waals surface area contributed by atoms with E-state index in [-0.39, 0.29) is 23.1 Å². The Kier molecular flexibility index (Phi) is 20.7. The van der Waals surface area contributed by atoms with E-state index >= 15 is 0 Å². The van der Waals surface area contributed by atoms with E-state index in [4.69, 9.17) is 57.7 Å². The lowest BCUT2D eigenvalue weighted by Gasteiger charge is -2.28. The van der Waals surface area contributed by atoms with E-state index in [1.165, 1.54) is 18.6 Å². The van der Waals surface area contributed by atoms with Gasteiger partial charge >= 0.3 is 12.2 Å². The van der Waals surface area contributed by atoms with E-state index in [1.807, 2.05) is 72.8 Å². The van der Waals surface area contributed by atoms with Crippen molar-refractivity contribution in [3.05, 3.63) is 140 Å². The van der Waals surface area contributed by atoms with Crippen LogP contribution in [0.25, 0.3) is 68.1 Å². The van der Waals surface area contributed by atoms with Gasteiger partial charge in [-0.3, -0.25) is 0 Å². The summed E-state index contributed by atoms with van der Waals surface area (Å²) in [7, 11) is 0. The Labute approximate surface area is 507 Å². The van der Waals surface area contributed by atoms with E-state index in [0.717, 1.165) is 33.4 Å². The highest BCUT2D eigenvalue weighted by atomic mass is 79.9. The number of carbonyl (C=O) groups is 2. The number of nitrogens with two attached hydrogens (primary N) is 2. The normalized spacial score (nSPS) is 11.5. The van der Waals surface area contributed by atoms with Gasteiger partial charge in [0.2, 0.25) is 0 Å². The molecule has 0 spiro atoms. The van der Waals surface area contributed by atoms with Crippen molar-refractivity contribution in [3.63, 3.8) is 0 Å². The number of anilines is 3. The quantitative estimate of drug-likeness (QED) is 0.0780. The maximum absolute atomic E-state index is 13.1. The van der Waals surface area contributed by atoms with E-state index in [0.29, 0.717) is 89.4 Å². The fourth-order valence-electron chi connectivity index (χ4n) is 7.07. The number of rotatable bonds is 13. The molecule has 0 aliphatic rings. The smallest absolute Gasteiger partial charge is 0.425 e. The van der Waals surface area contributed by atoms with Crippen LogP contribution < -0.4 is 21.7 Å². The number of amides is 2. The Hall–Kier alpha value is -7.19. The van der Waals surface area contributed by atoms with Crippen molar-refractivity contribution < 1.29 is 37.7 Å². The molecule has 0 bridgehead atoms. The molecule has 0 aliphatic carbocycles. The Morgan fingerprint density at radius 1 is 0.561 bits per heavy atom. The summed E-state index contributed by atoms with van der Waals surface area (Å²) in [5.74, 6) is 2.43. The van der Waals surface area contributed by atoms with Crippen LogP contribution in [0, 0.1) is 0 Å². The maximum atomic E-state index is 13.1. The molecule has 0 aliphatic heterocycles. The van der Waals surface area contributed by atoms with E-state index in [1.54, 1.807) is 73.6 Å². The minimum Gasteiger partial charge on any atom is -0.443 e. The van der Waals surface area contributed by atoms with E-state index in [2.05, 4.69) is 98.5 Å². The van der Waals surface area contributed by atoms with Crippen LogP contribution in [-0.2, 0) is 27.8 Å². The minimum atomic E-state index is -0.971. The molecular formula is C56H56Br3Cl2N13O8. The Morgan fingerprint density at radius 3 is 1.26 bits per heavy atom. The summed E-state index contributed by atoms with van der Waals surface area (Å²) in [5, 5.41) is 25.2. The van der Waals surface area contributed by atoms with Gasteiger partial charge in [-0.25, -0.2) is 39.5 Å². The van der Waals surface area contributed by atoms with Crippen molar-refractivity contribution in [3.8, 4) is 68.1 Å². The summed E-state index contributed by atoms with van der Waals surface area (Å²) >= 11 is 21.5. The van der Waals surface area contributed by atoms with Gasteiger partial charge in [0, 0.05) is 59.7 Å². The van der Waals surface area contributed by atoms with Crippen molar-refractivity contribution in [2.75, 3.05) is 22.9 Å². The molecule has 428 valence electrons. The zero-order chi connectivity index (χ0) is 59.5. The molecule has 6 aromatic heterocycles. The highest BCUT2D eigenvalue weighted by Crippen LogP contribution is 2.35. The molecular weight excluding hydrogens is 1290 g/mol. The summed E-state index contributed by atoms with van der Waals surface area (Å²) in [6.45, 7) is 14.9. The number of hydrogen-bond acceptors (Lipinski definition) is 20. The number of halogens is 5. The lowest BCUT2D eigenvalue weighted by Crippen LogP contribution is -2.44. The zero-order valence-electron chi connectivity index (χ0n) is 45.5. The summed E-state index contributed by atoms with van der Waals surface area (Å²) in [5.41, 5.74) is 17.9. The molecule has 6 heterocycles. The first-order chi connectivity index (χ1) is 38.8. The van der Waals surface area contributed by atoms with Gasteiger partial charge in [-0.2, -0.15) is 4.90 Å². The van der Waals surface area contributed by atoms with Crippen molar-refractivity contribution in [2.24, 2.45) is 0 Å². The maximum Gasteiger partial charge on any atom is 0.425 e. The lowest BCUT2D eigenvalue weighted by molar-refractivity contribution is 0.0428. The molecule has 0 fully saturated rings. The number of benzene rings is 3. The number of ether oxygens (including phenoxy) is 2. The second-order valence-electron chi connectivity index (χ2n) is 20.5. The number of nitrogens with zero attached hydrogens (tertiary/aromatic N) is 10. The van der Waals surface area contributed by atoms with Crippen molar-refractivity contribution in [1.29, 1.82) is 0 Å². The number of aliphatic hydroxyl groups is 1. The minimum absolute atomic E-state index is 0.0900. The summed E-state index contributed by atoms with van der Waals surface area (Å²) in [6.07, 6.45) is 2.46. The van der Waals surface area contributed by atoms with Crippen LogP contribution in [0.15, 0.2) is 137 Å². The molecule has 0 unspecified atom stereocenters. The molecule has 9 aromatic rings. The monoisotopic (exact) mass is 1350 g/mol. The number of carbonyl (C=O) groups excluding carboxylic acids is 2. The third kappa shape index (κ3) is 17.7. The number of hydrogen-bond donors (Lipinski definition) is 4. The standard InChI is InChI=1S/C24H26BrClN4O5.C18H20BrN5O2.C14H10BrClN4O/c1-23(2,3)33-21(31)30(22(32)34-24(4,5)6)20-19(28-18(25)13-27-20)17-11-16(29-35-17)15-9-7-14(12-26)8-10-15;1-18(2,25)10-21-8-11-3-5-12(6-4-11)13-7-14(26-24-13)16-17(20)22-9-15(19)23-16;15-12-7-18-14(17)13(19-12)11-5-10(20-21-11)9-3-1-8(6-16)2-4-9/h7-11,13H,12H2,1-6H3;3-7,9,21,25H,8,10H2,1-2H3,(H2,20,22);1-5,7H,6H2,(H2,17,18). The SMILES string of the molecule is CC(C)(C)OC(=O)N(C(=O)OC(C)(C)C)c1ncc(Br)nc1-c1cc(-c2ccc(CCl)cc2)no1.CC(C)(O)CNCc1ccc(-c2cc(-c3nc(Br)cnc3N)on2)cc1.Nc1ncc(Br)nc1-c1cc(-c2ccc(CCl)cc2)no1. The van der Waals surface area contributed by atoms with Gasteiger partial charge in [-0.05, 0) is 120 Å². The fraction of sp³-hybridized carbons (Fsp3) is 0.268. The first-order valence-corrected chi connectivity index (χ1v) is 28.3. The van der Waals surface area contributed by atoms with Gasteiger partial charge in [0.25, 0.3) is 0 Å². The average molecular weight is 1350 g/mol. The molecule has 2 amide bonds. The number of imide groups is 1. The molecule has 0 atom stereocenters. The van der Waals surface area contributed by atoms with Gasteiger partial charge in [0.1, 0.15) is 42.1 Å². The Bertz CT molecular complexity index is 3590. The molecule has 9 rings (SSSR count). The molecule has 0 radical (unpaired) electrons. The van der Waals surface area contributed by atoms with Crippen molar-refractivity contribution >= 4 is 101 Å². The second kappa shape index (κ2) is 27.3. The van der Waals surface area contributed by atoms with Crippen LogP contribution in [0.4, 0.5) is 27.0 Å². The average Bonchev–Trinajstić information content (AvgIpc) is 4.27. The predicted octanol–water partition coefficient (Wildman–Crippen LogP) is 13.9. The third-order valence-corrected chi connectivity index (χ3v) is 12.6. The van der Waals surface area contributed by atoms with Gasteiger partial charge in [-0.1, -0.05) is 88.3 Å². The Morgan fingerprint density at radius 2 is 0.902 bits per heavy atom. The number of nitrogen functional groups attached to an aromatic ring is 2. The summed E-state index contributed by atoms with van der Waals surface area (Å²) < 4.78 is 28.7. The van der Waals surface area contributed by atoms with Gasteiger partial charge in [0.15, 0.2) is 51.8 Å². The van der Waals surface area contributed by atoms with Gasteiger partial charge in [0.05, 0.1) is 24.2 Å². The molecule has 26 heteroatoms.